The lowest BCUT2D eigenvalue weighted by atomic mass is 10.2. The number of rotatable bonds is 3. The summed E-state index contributed by atoms with van der Waals surface area (Å²) in [5.41, 5.74) is 6.29. The fraction of sp³-hybridized carbons (Fsp3) is 0.182. The van der Waals surface area contributed by atoms with Gasteiger partial charge in [0.25, 0.3) is 5.91 Å². The maximum Gasteiger partial charge on any atom is 0.280 e. The normalized spacial score (nSPS) is 10.5. The van der Waals surface area contributed by atoms with Gasteiger partial charge in [-0.1, -0.05) is 29.3 Å². The molecule has 0 atom stereocenters. The smallest absolute Gasteiger partial charge is 0.280 e. The van der Waals surface area contributed by atoms with Gasteiger partial charge in [-0.25, -0.2) is 4.63 Å². The van der Waals surface area contributed by atoms with E-state index in [0.717, 1.165) is 5.56 Å². The van der Waals surface area contributed by atoms with Crippen LogP contribution in [0.1, 0.15) is 16.1 Å². The lowest BCUT2D eigenvalue weighted by Crippen LogP contribution is -2.27. The molecule has 1 amide bonds. The van der Waals surface area contributed by atoms with E-state index in [9.17, 15) is 4.79 Å². The van der Waals surface area contributed by atoms with Crippen LogP contribution in [-0.4, -0.2) is 28.2 Å². The van der Waals surface area contributed by atoms with Gasteiger partial charge in [-0.05, 0) is 28.0 Å². The number of halogens is 2. The Morgan fingerprint density at radius 2 is 2.11 bits per heavy atom. The van der Waals surface area contributed by atoms with Crippen LogP contribution in [0, 0.1) is 0 Å². The zero-order valence-corrected chi connectivity index (χ0v) is 11.4. The molecule has 19 heavy (non-hydrogen) atoms. The number of nitrogens with zero attached hydrogens (tertiary/aromatic N) is 3. The molecule has 0 fully saturated rings. The van der Waals surface area contributed by atoms with Crippen LogP contribution < -0.4 is 5.73 Å². The predicted octanol–water partition coefficient (Wildman–Crippen LogP) is 2.23. The van der Waals surface area contributed by atoms with Crippen LogP contribution in [0.2, 0.25) is 10.0 Å². The Morgan fingerprint density at radius 1 is 1.37 bits per heavy atom. The van der Waals surface area contributed by atoms with Crippen LogP contribution in [0.3, 0.4) is 0 Å². The Labute approximate surface area is 119 Å². The van der Waals surface area contributed by atoms with E-state index in [1.54, 1.807) is 25.2 Å². The second-order valence-corrected chi connectivity index (χ2v) is 4.72. The highest BCUT2D eigenvalue weighted by Gasteiger charge is 2.20. The molecule has 1 aromatic heterocycles. The molecule has 0 aliphatic heterocycles. The van der Waals surface area contributed by atoms with Gasteiger partial charge in [0.05, 0.1) is 10.0 Å². The van der Waals surface area contributed by atoms with Crippen LogP contribution in [0.4, 0.5) is 5.82 Å². The van der Waals surface area contributed by atoms with Gasteiger partial charge in [0, 0.05) is 13.6 Å². The van der Waals surface area contributed by atoms with E-state index in [2.05, 4.69) is 14.9 Å². The monoisotopic (exact) mass is 300 g/mol. The Kier molecular flexibility index (Phi) is 3.92. The van der Waals surface area contributed by atoms with Crippen LogP contribution >= 0.6 is 23.2 Å². The van der Waals surface area contributed by atoms with E-state index in [1.165, 1.54) is 4.90 Å². The van der Waals surface area contributed by atoms with Crippen molar-refractivity contribution < 1.29 is 9.42 Å². The summed E-state index contributed by atoms with van der Waals surface area (Å²) in [5, 5.41) is 7.71. The van der Waals surface area contributed by atoms with Gasteiger partial charge in [0.1, 0.15) is 0 Å². The molecular weight excluding hydrogens is 291 g/mol. The summed E-state index contributed by atoms with van der Waals surface area (Å²) < 4.78 is 4.39. The van der Waals surface area contributed by atoms with Crippen molar-refractivity contribution in [2.24, 2.45) is 0 Å². The van der Waals surface area contributed by atoms with Crippen LogP contribution in [0.5, 0.6) is 0 Å². The summed E-state index contributed by atoms with van der Waals surface area (Å²) in [6.07, 6.45) is 0. The molecule has 2 rings (SSSR count). The summed E-state index contributed by atoms with van der Waals surface area (Å²) in [6.45, 7) is 0.335. The lowest BCUT2D eigenvalue weighted by Gasteiger charge is -2.16. The third-order valence-electron chi connectivity index (χ3n) is 2.47. The van der Waals surface area contributed by atoms with E-state index in [1.807, 2.05) is 0 Å². The van der Waals surface area contributed by atoms with Crippen molar-refractivity contribution in [1.29, 1.82) is 0 Å². The molecular formula is C11H10Cl2N4O2. The number of amides is 1. The van der Waals surface area contributed by atoms with Gasteiger partial charge < -0.3 is 10.6 Å². The molecule has 0 spiro atoms. The third kappa shape index (κ3) is 2.97. The summed E-state index contributed by atoms with van der Waals surface area (Å²) in [4.78, 5) is 13.4. The molecule has 0 aliphatic carbocycles. The number of nitrogen functional groups attached to an aromatic ring is 1. The number of hydrogen-bond acceptors (Lipinski definition) is 5. The van der Waals surface area contributed by atoms with E-state index in [-0.39, 0.29) is 17.4 Å². The Bertz CT molecular complexity index is 614. The topological polar surface area (TPSA) is 85.2 Å². The fourth-order valence-corrected chi connectivity index (χ4v) is 1.83. The molecule has 1 aromatic carbocycles. The zero-order valence-electron chi connectivity index (χ0n) is 9.93. The summed E-state index contributed by atoms with van der Waals surface area (Å²) >= 11 is 11.7. The molecule has 0 saturated heterocycles. The minimum Gasteiger partial charge on any atom is -0.379 e. The molecule has 2 aromatic rings. The van der Waals surface area contributed by atoms with Crippen molar-refractivity contribution >= 4 is 34.9 Å². The molecule has 100 valence electrons. The second-order valence-electron chi connectivity index (χ2n) is 3.91. The second kappa shape index (κ2) is 5.46. The van der Waals surface area contributed by atoms with Crippen molar-refractivity contribution in [2.45, 2.75) is 6.54 Å². The van der Waals surface area contributed by atoms with Crippen molar-refractivity contribution in [3.05, 3.63) is 39.5 Å². The minimum absolute atomic E-state index is 0.0115. The average molecular weight is 301 g/mol. The molecule has 8 heteroatoms. The molecule has 0 bridgehead atoms. The Balaban J connectivity index is 2.13. The minimum atomic E-state index is -0.384. The first kappa shape index (κ1) is 13.6. The van der Waals surface area contributed by atoms with Crippen molar-refractivity contribution in [3.8, 4) is 0 Å². The number of hydrogen-bond donors (Lipinski definition) is 1. The summed E-state index contributed by atoms with van der Waals surface area (Å²) in [6, 6.07) is 5.14. The number of benzene rings is 1. The van der Waals surface area contributed by atoms with Crippen LogP contribution in [-0.2, 0) is 6.54 Å². The van der Waals surface area contributed by atoms with Gasteiger partial charge >= 0.3 is 0 Å². The maximum atomic E-state index is 12.0. The maximum absolute atomic E-state index is 12.0. The van der Waals surface area contributed by atoms with Crippen LogP contribution in [0.25, 0.3) is 0 Å². The molecule has 0 saturated carbocycles. The van der Waals surface area contributed by atoms with Gasteiger partial charge in [-0.15, -0.1) is 0 Å². The van der Waals surface area contributed by atoms with Crippen LogP contribution in [0.15, 0.2) is 22.8 Å². The molecule has 0 unspecified atom stereocenters. The molecule has 0 aliphatic rings. The third-order valence-corrected chi connectivity index (χ3v) is 3.21. The van der Waals surface area contributed by atoms with E-state index in [0.29, 0.717) is 16.6 Å². The first-order valence-electron chi connectivity index (χ1n) is 5.26. The van der Waals surface area contributed by atoms with Gasteiger partial charge in [0.2, 0.25) is 11.5 Å². The molecule has 2 N–H and O–H groups in total. The number of carbonyl (C=O) groups is 1. The van der Waals surface area contributed by atoms with Gasteiger partial charge in [0.15, 0.2) is 0 Å². The number of carbonyl (C=O) groups excluding carboxylic acids is 1. The van der Waals surface area contributed by atoms with E-state index >= 15 is 0 Å². The largest absolute Gasteiger partial charge is 0.379 e. The molecule has 6 nitrogen and oxygen atoms in total. The number of aromatic nitrogens is 2. The zero-order chi connectivity index (χ0) is 14.0. The quantitative estimate of drug-likeness (QED) is 0.939. The SMILES string of the molecule is CN(Cc1ccc(Cl)c(Cl)c1)C(=O)c1nonc1N. The Morgan fingerprint density at radius 3 is 2.68 bits per heavy atom. The first-order chi connectivity index (χ1) is 8.99. The molecule has 0 radical (unpaired) electrons. The van der Waals surface area contributed by atoms with Crippen molar-refractivity contribution in [3.63, 3.8) is 0 Å². The highest BCUT2D eigenvalue weighted by atomic mass is 35.5. The van der Waals surface area contributed by atoms with E-state index < -0.39 is 0 Å². The standard InChI is InChI=1S/C11H10Cl2N4O2/c1-17(11(18)9-10(14)16-19-15-9)5-6-2-3-7(12)8(13)4-6/h2-4H,5H2,1H3,(H2,14,16). The molecule has 1 heterocycles. The highest BCUT2D eigenvalue weighted by molar-refractivity contribution is 6.42. The van der Waals surface area contributed by atoms with Gasteiger partial charge in [-0.3, -0.25) is 4.79 Å². The summed E-state index contributed by atoms with van der Waals surface area (Å²) in [5.74, 6) is -0.421. The van der Waals surface area contributed by atoms with Crippen molar-refractivity contribution in [1.82, 2.24) is 15.2 Å². The summed E-state index contributed by atoms with van der Waals surface area (Å²) in [7, 11) is 1.61. The number of nitrogens with two attached hydrogens (primary N) is 1. The number of anilines is 1. The van der Waals surface area contributed by atoms with E-state index in [4.69, 9.17) is 28.9 Å². The Hall–Kier alpha value is -1.79. The average Bonchev–Trinajstić information content (AvgIpc) is 2.79. The first-order valence-corrected chi connectivity index (χ1v) is 6.02. The van der Waals surface area contributed by atoms with Gasteiger partial charge in [-0.2, -0.15) is 0 Å². The fourth-order valence-electron chi connectivity index (χ4n) is 1.51. The lowest BCUT2D eigenvalue weighted by molar-refractivity contribution is 0.0774. The predicted molar refractivity (Wildman–Crippen MR) is 71.0 cm³/mol. The highest BCUT2D eigenvalue weighted by Crippen LogP contribution is 2.23. The van der Waals surface area contributed by atoms with Crippen molar-refractivity contribution in [2.75, 3.05) is 12.8 Å².